The Morgan fingerprint density at radius 3 is 2.43 bits per heavy atom. The molecule has 1 aromatic carbocycles. The van der Waals surface area contributed by atoms with Crippen LogP contribution in [0.3, 0.4) is 0 Å². The number of aliphatic hydroxyl groups excluding tert-OH is 1. The van der Waals surface area contributed by atoms with E-state index in [4.69, 9.17) is 0 Å². The van der Waals surface area contributed by atoms with E-state index in [2.05, 4.69) is 19.2 Å². The highest BCUT2D eigenvalue weighted by Crippen LogP contribution is 2.44. The van der Waals surface area contributed by atoms with Gasteiger partial charge in [-0.05, 0) is 38.2 Å². The Morgan fingerprint density at radius 1 is 1.24 bits per heavy atom. The number of benzene rings is 1. The molecule has 2 rings (SSSR count). The number of hydrogen-bond acceptors (Lipinski definition) is 2. The summed E-state index contributed by atoms with van der Waals surface area (Å²) in [5.41, 5.74) is 1.30. The van der Waals surface area contributed by atoms with Gasteiger partial charge in [0, 0.05) is 16.7 Å². The smallest absolute Gasteiger partial charge is 0.230 e. The average Bonchev–Trinajstić information content (AvgIpc) is 2.88. The molecule has 1 fully saturated rings. The van der Waals surface area contributed by atoms with Gasteiger partial charge in [0.25, 0.3) is 0 Å². The monoisotopic (exact) mass is 289 g/mol. The van der Waals surface area contributed by atoms with E-state index in [0.717, 1.165) is 43.4 Å². The second-order valence-electron chi connectivity index (χ2n) is 6.80. The second-order valence-corrected chi connectivity index (χ2v) is 6.80. The van der Waals surface area contributed by atoms with Crippen molar-refractivity contribution >= 4 is 11.6 Å². The zero-order valence-corrected chi connectivity index (χ0v) is 13.4. The van der Waals surface area contributed by atoms with Gasteiger partial charge < -0.3 is 10.4 Å². The molecule has 0 aliphatic heterocycles. The number of carbonyl (C=O) groups excluding carboxylic acids is 1. The molecule has 1 aliphatic carbocycles. The van der Waals surface area contributed by atoms with Gasteiger partial charge in [-0.3, -0.25) is 4.79 Å². The molecule has 2 N–H and O–H groups in total. The van der Waals surface area contributed by atoms with Gasteiger partial charge in [-0.2, -0.15) is 0 Å². The van der Waals surface area contributed by atoms with Crippen LogP contribution in [0.1, 0.15) is 64.5 Å². The Bertz CT molecular complexity index is 488. The van der Waals surface area contributed by atoms with E-state index in [-0.39, 0.29) is 11.3 Å². The van der Waals surface area contributed by atoms with Crippen LogP contribution in [0.25, 0.3) is 0 Å². The molecule has 0 bridgehead atoms. The van der Waals surface area contributed by atoms with Crippen LogP contribution in [0.2, 0.25) is 0 Å². The zero-order valence-electron chi connectivity index (χ0n) is 13.4. The van der Waals surface area contributed by atoms with Crippen molar-refractivity contribution < 1.29 is 9.90 Å². The number of para-hydroxylation sites is 1. The first kappa shape index (κ1) is 16.0. The van der Waals surface area contributed by atoms with Crippen LogP contribution >= 0.6 is 0 Å². The number of hydrogen-bond donors (Lipinski definition) is 2. The standard InChI is InChI=1S/C18H27NO2/c1-13(2)12-18(10-6-7-11-18)17(21)19-16-9-5-4-8-15(16)14(3)20/h4-5,8-9,13-14,20H,6-7,10-12H2,1-3H3,(H,19,21). The van der Waals surface area contributed by atoms with Crippen LogP contribution in [-0.2, 0) is 4.79 Å². The Morgan fingerprint density at radius 2 is 1.86 bits per heavy atom. The van der Waals surface area contributed by atoms with Crippen LogP contribution in [0, 0.1) is 11.3 Å². The van der Waals surface area contributed by atoms with E-state index in [1.165, 1.54) is 0 Å². The summed E-state index contributed by atoms with van der Waals surface area (Å²) in [7, 11) is 0. The van der Waals surface area contributed by atoms with Gasteiger partial charge in [0.1, 0.15) is 0 Å². The van der Waals surface area contributed by atoms with Crippen molar-refractivity contribution in [3.8, 4) is 0 Å². The Balaban J connectivity index is 2.20. The number of rotatable bonds is 5. The third-order valence-corrected chi connectivity index (χ3v) is 4.50. The highest BCUT2D eigenvalue weighted by atomic mass is 16.3. The molecular formula is C18H27NO2. The lowest BCUT2D eigenvalue weighted by molar-refractivity contribution is -0.126. The first-order valence-electron chi connectivity index (χ1n) is 8.03. The van der Waals surface area contributed by atoms with Crippen molar-refractivity contribution in [1.82, 2.24) is 0 Å². The lowest BCUT2D eigenvalue weighted by Gasteiger charge is -2.30. The topological polar surface area (TPSA) is 49.3 Å². The van der Waals surface area contributed by atoms with Crippen molar-refractivity contribution in [2.45, 2.75) is 59.0 Å². The van der Waals surface area contributed by atoms with Crippen molar-refractivity contribution in [2.24, 2.45) is 11.3 Å². The third kappa shape index (κ3) is 3.65. The molecule has 0 radical (unpaired) electrons. The van der Waals surface area contributed by atoms with E-state index in [0.29, 0.717) is 5.92 Å². The molecule has 3 heteroatoms. The number of anilines is 1. The van der Waals surface area contributed by atoms with Crippen LogP contribution in [0.5, 0.6) is 0 Å². The normalized spacial score (nSPS) is 18.7. The van der Waals surface area contributed by atoms with Crippen molar-refractivity contribution in [1.29, 1.82) is 0 Å². The summed E-state index contributed by atoms with van der Waals surface area (Å²) in [6, 6.07) is 7.52. The Kier molecular flexibility index (Phi) is 5.04. The fourth-order valence-corrected chi connectivity index (χ4v) is 3.59. The second kappa shape index (κ2) is 6.61. The molecule has 21 heavy (non-hydrogen) atoms. The minimum absolute atomic E-state index is 0.127. The molecule has 1 saturated carbocycles. The van der Waals surface area contributed by atoms with Crippen molar-refractivity contribution in [2.75, 3.05) is 5.32 Å². The molecular weight excluding hydrogens is 262 g/mol. The zero-order chi connectivity index (χ0) is 15.5. The summed E-state index contributed by atoms with van der Waals surface area (Å²) < 4.78 is 0. The average molecular weight is 289 g/mol. The SMILES string of the molecule is CC(C)CC1(C(=O)Nc2ccccc2C(C)O)CCCC1. The maximum Gasteiger partial charge on any atom is 0.230 e. The molecule has 1 aromatic rings. The summed E-state index contributed by atoms with van der Waals surface area (Å²) in [5.74, 6) is 0.641. The lowest BCUT2D eigenvalue weighted by Crippen LogP contribution is -2.35. The molecule has 1 amide bonds. The Hall–Kier alpha value is -1.35. The van der Waals surface area contributed by atoms with Gasteiger partial charge in [0.05, 0.1) is 6.10 Å². The molecule has 3 nitrogen and oxygen atoms in total. The summed E-state index contributed by atoms with van der Waals surface area (Å²) in [4.78, 5) is 12.9. The van der Waals surface area contributed by atoms with Crippen LogP contribution in [0.15, 0.2) is 24.3 Å². The fraction of sp³-hybridized carbons (Fsp3) is 0.611. The van der Waals surface area contributed by atoms with Gasteiger partial charge >= 0.3 is 0 Å². The molecule has 116 valence electrons. The van der Waals surface area contributed by atoms with Crippen LogP contribution in [0.4, 0.5) is 5.69 Å². The van der Waals surface area contributed by atoms with Crippen LogP contribution < -0.4 is 5.32 Å². The molecule has 1 atom stereocenters. The van der Waals surface area contributed by atoms with Gasteiger partial charge in [-0.1, -0.05) is 44.9 Å². The first-order valence-corrected chi connectivity index (χ1v) is 8.03. The summed E-state index contributed by atoms with van der Waals surface area (Å²) >= 11 is 0. The molecule has 0 aromatic heterocycles. The summed E-state index contributed by atoms with van der Waals surface area (Å²) in [6.07, 6.45) is 4.60. The summed E-state index contributed by atoms with van der Waals surface area (Å²) in [6.45, 7) is 6.08. The molecule has 0 heterocycles. The maximum absolute atomic E-state index is 12.9. The lowest BCUT2D eigenvalue weighted by atomic mass is 9.77. The highest BCUT2D eigenvalue weighted by Gasteiger charge is 2.41. The largest absolute Gasteiger partial charge is 0.389 e. The van der Waals surface area contributed by atoms with E-state index >= 15 is 0 Å². The maximum atomic E-state index is 12.9. The number of amides is 1. The Labute approximate surface area is 127 Å². The quantitative estimate of drug-likeness (QED) is 0.849. The van der Waals surface area contributed by atoms with Crippen molar-refractivity contribution in [3.63, 3.8) is 0 Å². The van der Waals surface area contributed by atoms with Gasteiger partial charge in [-0.25, -0.2) is 0 Å². The predicted octanol–water partition coefficient (Wildman–Crippen LogP) is 4.28. The minimum atomic E-state index is -0.578. The fourth-order valence-electron chi connectivity index (χ4n) is 3.59. The van der Waals surface area contributed by atoms with Gasteiger partial charge in [0.15, 0.2) is 0 Å². The summed E-state index contributed by atoms with van der Waals surface area (Å²) in [5, 5.41) is 12.9. The number of nitrogens with one attached hydrogen (secondary N) is 1. The third-order valence-electron chi connectivity index (χ3n) is 4.50. The molecule has 1 aliphatic rings. The van der Waals surface area contributed by atoms with E-state index in [1.807, 2.05) is 24.3 Å². The highest BCUT2D eigenvalue weighted by molar-refractivity contribution is 5.96. The van der Waals surface area contributed by atoms with Gasteiger partial charge in [0.2, 0.25) is 5.91 Å². The van der Waals surface area contributed by atoms with E-state index in [9.17, 15) is 9.90 Å². The van der Waals surface area contributed by atoms with Crippen molar-refractivity contribution in [3.05, 3.63) is 29.8 Å². The molecule has 1 unspecified atom stereocenters. The molecule has 0 saturated heterocycles. The minimum Gasteiger partial charge on any atom is -0.389 e. The molecule has 0 spiro atoms. The first-order chi connectivity index (χ1) is 9.94. The van der Waals surface area contributed by atoms with E-state index in [1.54, 1.807) is 6.92 Å². The van der Waals surface area contributed by atoms with Crippen LogP contribution in [-0.4, -0.2) is 11.0 Å². The van der Waals surface area contributed by atoms with Gasteiger partial charge in [-0.15, -0.1) is 0 Å². The number of aliphatic hydroxyl groups is 1. The predicted molar refractivity (Wildman–Crippen MR) is 86.1 cm³/mol. The van der Waals surface area contributed by atoms with E-state index < -0.39 is 6.10 Å². The number of carbonyl (C=O) groups is 1.